The number of hydrogen-bond acceptors (Lipinski definition) is 3. The number of rotatable bonds is 17. The molecule has 0 rings (SSSR count). The maximum atomic E-state index is 11.2. The monoisotopic (exact) mass is 495 g/mol. The second kappa shape index (κ2) is 17.2. The molecule has 0 aliphatic heterocycles. The van der Waals surface area contributed by atoms with Crippen LogP contribution in [0.15, 0.2) is 51.6 Å². The van der Waals surface area contributed by atoms with Crippen molar-refractivity contribution in [1.82, 2.24) is 0 Å². The minimum absolute atomic E-state index is 0.0339. The van der Waals surface area contributed by atoms with Gasteiger partial charge >= 0.3 is 7.60 Å². The Labute approximate surface area is 209 Å². The molecule has 196 valence electrons. The predicted molar refractivity (Wildman–Crippen MR) is 148 cm³/mol. The highest BCUT2D eigenvalue weighted by atomic mass is 31.2. The SMILES string of the molecule is CC(C)=CCC/C(C)=C/CC/C(C)=C/CC/C(C)=C/CCC(C)=NCCCC(C)(O)P(=O)(O)O. The fourth-order valence-electron chi connectivity index (χ4n) is 3.42. The van der Waals surface area contributed by atoms with Crippen molar-refractivity contribution in [2.75, 3.05) is 6.54 Å². The van der Waals surface area contributed by atoms with Gasteiger partial charge in [-0.25, -0.2) is 0 Å². The van der Waals surface area contributed by atoms with Gasteiger partial charge < -0.3 is 14.9 Å². The van der Waals surface area contributed by atoms with E-state index in [1.165, 1.54) is 29.2 Å². The standard InChI is InChI=1S/C28H50NO4P/c1-23(2)13-8-14-24(3)15-9-16-25(4)17-10-18-26(5)19-11-20-27(6)29-22-12-21-28(7,30)34(31,32)33/h13,15,17,19,30H,8-12,14,16,18,20-22H2,1-7H3,(H2,31,32,33)/b24-15+,25-17+,26-19+,29-27?. The summed E-state index contributed by atoms with van der Waals surface area (Å²) in [5, 5.41) is 7.84. The molecule has 0 radical (unpaired) electrons. The topological polar surface area (TPSA) is 90.1 Å². The zero-order valence-electron chi connectivity index (χ0n) is 22.7. The van der Waals surface area contributed by atoms with Crippen LogP contribution in [0.3, 0.4) is 0 Å². The molecule has 0 bridgehead atoms. The van der Waals surface area contributed by atoms with Gasteiger partial charge in [0.05, 0.1) is 0 Å². The molecule has 0 saturated heterocycles. The minimum Gasteiger partial charge on any atom is -0.378 e. The minimum atomic E-state index is -4.50. The van der Waals surface area contributed by atoms with Gasteiger partial charge in [-0.05, 0) is 113 Å². The molecule has 0 aromatic carbocycles. The average molecular weight is 496 g/mol. The number of nitrogens with zero attached hydrogens (tertiary/aromatic N) is 1. The van der Waals surface area contributed by atoms with E-state index in [2.05, 4.69) is 63.9 Å². The van der Waals surface area contributed by atoms with E-state index in [9.17, 15) is 9.67 Å². The number of allylic oxidation sites excluding steroid dienone is 8. The van der Waals surface area contributed by atoms with Gasteiger partial charge in [-0.15, -0.1) is 0 Å². The van der Waals surface area contributed by atoms with Gasteiger partial charge in [-0.3, -0.25) is 9.56 Å². The van der Waals surface area contributed by atoms with Crippen molar-refractivity contribution in [3.05, 3.63) is 46.6 Å². The van der Waals surface area contributed by atoms with Crippen molar-refractivity contribution in [2.45, 2.75) is 118 Å². The van der Waals surface area contributed by atoms with Crippen molar-refractivity contribution in [2.24, 2.45) is 4.99 Å². The Morgan fingerprint density at radius 3 is 1.59 bits per heavy atom. The molecule has 0 amide bonds. The lowest BCUT2D eigenvalue weighted by Crippen LogP contribution is -2.24. The summed E-state index contributed by atoms with van der Waals surface area (Å²) < 4.78 is 11.2. The smallest absolute Gasteiger partial charge is 0.356 e. The Morgan fingerprint density at radius 2 is 1.18 bits per heavy atom. The van der Waals surface area contributed by atoms with Crippen LogP contribution in [-0.4, -0.2) is 32.5 Å². The molecule has 0 aliphatic carbocycles. The first-order chi connectivity index (χ1) is 15.7. The molecule has 0 heterocycles. The number of aliphatic imine (C=N–C) groups is 1. The van der Waals surface area contributed by atoms with Gasteiger partial charge in [0.15, 0.2) is 5.34 Å². The van der Waals surface area contributed by atoms with Crippen LogP contribution in [-0.2, 0) is 4.57 Å². The first kappa shape index (κ1) is 32.7. The second-order valence-corrected chi connectivity index (χ2v) is 12.1. The first-order valence-corrected chi connectivity index (χ1v) is 14.2. The Hall–Kier alpha value is -1.26. The van der Waals surface area contributed by atoms with Gasteiger partial charge in [0, 0.05) is 12.3 Å². The van der Waals surface area contributed by atoms with Crippen LogP contribution in [0.5, 0.6) is 0 Å². The van der Waals surface area contributed by atoms with Crippen LogP contribution in [0.25, 0.3) is 0 Å². The predicted octanol–water partition coefficient (Wildman–Crippen LogP) is 8.04. The molecular weight excluding hydrogens is 445 g/mol. The van der Waals surface area contributed by atoms with Crippen LogP contribution < -0.4 is 0 Å². The highest BCUT2D eigenvalue weighted by Gasteiger charge is 2.39. The van der Waals surface area contributed by atoms with Gasteiger partial charge in [-0.1, -0.05) is 46.6 Å². The lowest BCUT2D eigenvalue weighted by molar-refractivity contribution is 0.0986. The first-order valence-electron chi connectivity index (χ1n) is 12.6. The van der Waals surface area contributed by atoms with Crippen molar-refractivity contribution < 1.29 is 19.5 Å². The van der Waals surface area contributed by atoms with Crippen LogP contribution in [0.1, 0.15) is 113 Å². The molecule has 5 nitrogen and oxygen atoms in total. The third-order valence-electron chi connectivity index (χ3n) is 5.97. The quantitative estimate of drug-likeness (QED) is 0.0824. The van der Waals surface area contributed by atoms with Crippen molar-refractivity contribution >= 4 is 13.3 Å². The Balaban J connectivity index is 4.17. The van der Waals surface area contributed by atoms with Crippen LogP contribution >= 0.6 is 7.60 Å². The molecule has 6 heteroatoms. The van der Waals surface area contributed by atoms with Crippen molar-refractivity contribution in [3.8, 4) is 0 Å². The lowest BCUT2D eigenvalue weighted by atomic mass is 10.0. The molecule has 0 aromatic rings. The number of aliphatic hydroxyl groups is 1. The van der Waals surface area contributed by atoms with E-state index in [1.54, 1.807) is 0 Å². The molecule has 0 fully saturated rings. The molecule has 0 aromatic heterocycles. The van der Waals surface area contributed by atoms with Crippen LogP contribution in [0.4, 0.5) is 0 Å². The van der Waals surface area contributed by atoms with Crippen LogP contribution in [0.2, 0.25) is 0 Å². The lowest BCUT2D eigenvalue weighted by Gasteiger charge is -2.23. The van der Waals surface area contributed by atoms with Crippen molar-refractivity contribution in [3.63, 3.8) is 0 Å². The normalized spacial score (nSPS) is 15.9. The van der Waals surface area contributed by atoms with Gasteiger partial charge in [0.2, 0.25) is 0 Å². The van der Waals surface area contributed by atoms with Crippen LogP contribution in [0, 0.1) is 0 Å². The van der Waals surface area contributed by atoms with E-state index in [-0.39, 0.29) is 6.42 Å². The maximum Gasteiger partial charge on any atom is 0.356 e. The van der Waals surface area contributed by atoms with E-state index in [0.717, 1.165) is 57.1 Å². The summed E-state index contributed by atoms with van der Waals surface area (Å²) in [4.78, 5) is 22.7. The summed E-state index contributed by atoms with van der Waals surface area (Å²) in [6.07, 6.45) is 18.3. The molecule has 0 aliphatic rings. The second-order valence-electron chi connectivity index (χ2n) is 10.1. The Bertz CT molecular complexity index is 793. The summed E-state index contributed by atoms with van der Waals surface area (Å²) in [5.74, 6) is 0. The molecule has 0 spiro atoms. The maximum absolute atomic E-state index is 11.2. The molecule has 3 N–H and O–H groups in total. The third-order valence-corrected chi connectivity index (χ3v) is 7.45. The molecule has 1 unspecified atom stereocenters. The van der Waals surface area contributed by atoms with E-state index in [4.69, 9.17) is 9.79 Å². The summed E-state index contributed by atoms with van der Waals surface area (Å²) in [7, 11) is -4.50. The van der Waals surface area contributed by atoms with Gasteiger partial charge in [0.1, 0.15) is 0 Å². The highest BCUT2D eigenvalue weighted by molar-refractivity contribution is 7.53. The molecular formula is C28H50NO4P. The van der Waals surface area contributed by atoms with E-state index in [0.29, 0.717) is 13.0 Å². The van der Waals surface area contributed by atoms with E-state index in [1.807, 2.05) is 6.92 Å². The average Bonchev–Trinajstić information content (AvgIpc) is 2.70. The Morgan fingerprint density at radius 1 is 0.765 bits per heavy atom. The summed E-state index contributed by atoms with van der Waals surface area (Å²) in [5.41, 5.74) is 6.76. The van der Waals surface area contributed by atoms with Crippen molar-refractivity contribution in [1.29, 1.82) is 0 Å². The number of hydrogen-bond donors (Lipinski definition) is 3. The fourth-order valence-corrected chi connectivity index (χ4v) is 3.87. The molecule has 0 saturated carbocycles. The summed E-state index contributed by atoms with van der Waals surface area (Å²) in [6.45, 7) is 14.6. The van der Waals surface area contributed by atoms with Gasteiger partial charge in [-0.2, -0.15) is 0 Å². The molecule has 1 atom stereocenters. The zero-order chi connectivity index (χ0) is 26.2. The zero-order valence-corrected chi connectivity index (χ0v) is 23.6. The summed E-state index contributed by atoms with van der Waals surface area (Å²) >= 11 is 0. The fraction of sp³-hybridized carbons (Fsp3) is 0.679. The van der Waals surface area contributed by atoms with E-state index >= 15 is 0 Å². The molecule has 34 heavy (non-hydrogen) atoms. The largest absolute Gasteiger partial charge is 0.378 e. The highest BCUT2D eigenvalue weighted by Crippen LogP contribution is 2.50. The Kier molecular flexibility index (Phi) is 16.6. The van der Waals surface area contributed by atoms with Gasteiger partial charge in [0.25, 0.3) is 0 Å². The third kappa shape index (κ3) is 17.2. The summed E-state index contributed by atoms with van der Waals surface area (Å²) in [6, 6.07) is 0. The van der Waals surface area contributed by atoms with E-state index < -0.39 is 12.9 Å².